The van der Waals surface area contributed by atoms with Gasteiger partial charge in [-0.1, -0.05) is 18.2 Å². The molecule has 7 rings (SSSR count). The van der Waals surface area contributed by atoms with Crippen LogP contribution in [0.3, 0.4) is 0 Å². The molecular formula is C27H18F2N8O. The van der Waals surface area contributed by atoms with Gasteiger partial charge in [0.25, 0.3) is 0 Å². The Labute approximate surface area is 213 Å². The number of aromatic nitrogens is 7. The lowest BCUT2D eigenvalue weighted by Crippen LogP contribution is -2.13. The quantitative estimate of drug-likeness (QED) is 0.292. The summed E-state index contributed by atoms with van der Waals surface area (Å²) in [6, 6.07) is 8.00. The highest BCUT2D eigenvalue weighted by Crippen LogP contribution is 2.35. The summed E-state index contributed by atoms with van der Waals surface area (Å²) in [5, 5.41) is 10.1. The summed E-state index contributed by atoms with van der Waals surface area (Å²) < 4.78 is 30.5. The maximum Gasteiger partial charge on any atom is 0.227 e. The first-order valence-corrected chi connectivity index (χ1v) is 11.9. The lowest BCUT2D eigenvalue weighted by Gasteiger charge is -2.07. The number of carbonyl (C=O) groups excluding carboxylic acids is 1. The maximum absolute atomic E-state index is 16.0. The summed E-state index contributed by atoms with van der Waals surface area (Å²) in [6.45, 7) is 0. The van der Waals surface area contributed by atoms with Gasteiger partial charge in [-0.3, -0.25) is 24.8 Å². The van der Waals surface area contributed by atoms with Crippen LogP contribution in [-0.2, 0) is 4.79 Å². The molecule has 186 valence electrons. The van der Waals surface area contributed by atoms with Crippen molar-refractivity contribution in [2.24, 2.45) is 5.92 Å². The number of fused-ring (bicyclic) bond motifs is 2. The maximum atomic E-state index is 16.0. The third-order valence-electron chi connectivity index (χ3n) is 6.55. The molecule has 3 N–H and O–H groups in total. The van der Waals surface area contributed by atoms with Crippen LogP contribution in [0.15, 0.2) is 61.3 Å². The van der Waals surface area contributed by atoms with Crippen LogP contribution in [0, 0.1) is 17.6 Å². The van der Waals surface area contributed by atoms with Gasteiger partial charge in [-0.15, -0.1) is 0 Å². The zero-order chi connectivity index (χ0) is 25.8. The number of hydrogen-bond acceptors (Lipinski definition) is 6. The fraction of sp³-hybridized carbons (Fsp3) is 0.111. The molecule has 6 aromatic rings. The fourth-order valence-electron chi connectivity index (χ4n) is 4.50. The highest BCUT2D eigenvalue weighted by molar-refractivity contribution is 5.98. The zero-order valence-electron chi connectivity index (χ0n) is 19.7. The van der Waals surface area contributed by atoms with E-state index in [0.29, 0.717) is 38.9 Å². The number of halogens is 2. The van der Waals surface area contributed by atoms with Gasteiger partial charge in [0.2, 0.25) is 5.91 Å². The molecule has 1 amide bonds. The van der Waals surface area contributed by atoms with Crippen LogP contribution >= 0.6 is 0 Å². The Morgan fingerprint density at radius 1 is 0.947 bits per heavy atom. The van der Waals surface area contributed by atoms with E-state index in [2.05, 4.69) is 40.4 Å². The van der Waals surface area contributed by atoms with Crippen LogP contribution in [0.25, 0.3) is 55.8 Å². The fourth-order valence-corrected chi connectivity index (χ4v) is 4.50. The second-order valence-electron chi connectivity index (χ2n) is 9.16. The lowest BCUT2D eigenvalue weighted by molar-refractivity contribution is -0.117. The molecule has 0 saturated heterocycles. The van der Waals surface area contributed by atoms with Crippen molar-refractivity contribution in [2.75, 3.05) is 5.32 Å². The van der Waals surface area contributed by atoms with Gasteiger partial charge in [0.05, 0.1) is 40.7 Å². The first kappa shape index (κ1) is 22.2. The van der Waals surface area contributed by atoms with Gasteiger partial charge < -0.3 is 10.3 Å². The van der Waals surface area contributed by atoms with Gasteiger partial charge in [0.1, 0.15) is 22.7 Å². The minimum absolute atomic E-state index is 0.0243. The summed E-state index contributed by atoms with van der Waals surface area (Å²) >= 11 is 0. The molecule has 1 aromatic carbocycles. The predicted octanol–water partition coefficient (Wildman–Crippen LogP) is 5.25. The van der Waals surface area contributed by atoms with Crippen LogP contribution in [0.5, 0.6) is 0 Å². The number of aromatic amines is 2. The topological polar surface area (TPSA) is 125 Å². The van der Waals surface area contributed by atoms with Gasteiger partial charge in [0.15, 0.2) is 11.6 Å². The van der Waals surface area contributed by atoms with Gasteiger partial charge >= 0.3 is 0 Å². The molecule has 0 unspecified atom stereocenters. The second-order valence-corrected chi connectivity index (χ2v) is 9.16. The molecule has 11 heteroatoms. The van der Waals surface area contributed by atoms with Crippen molar-refractivity contribution < 1.29 is 13.6 Å². The molecule has 0 atom stereocenters. The SMILES string of the molecule is O=C(Nc1cncc(-c2ncc3[nH]nc(-c4nc5c(-c6ccccc6F)cncc5[nH]4)c3c2F)c1)C1CC1. The number of H-pyrrole nitrogens is 2. The largest absolute Gasteiger partial charge is 0.335 e. The molecule has 0 radical (unpaired) electrons. The van der Waals surface area contributed by atoms with E-state index in [0.717, 1.165) is 12.8 Å². The number of amides is 1. The molecule has 1 saturated carbocycles. The average Bonchev–Trinajstić information content (AvgIpc) is 3.54. The van der Waals surface area contributed by atoms with E-state index in [1.807, 2.05) is 0 Å². The van der Waals surface area contributed by atoms with Gasteiger partial charge in [-0.25, -0.2) is 13.8 Å². The summed E-state index contributed by atoms with van der Waals surface area (Å²) in [6.07, 6.45) is 9.33. The third kappa shape index (κ3) is 3.67. The molecule has 0 spiro atoms. The molecule has 1 fully saturated rings. The Balaban J connectivity index is 1.33. The first-order chi connectivity index (χ1) is 18.6. The monoisotopic (exact) mass is 508 g/mol. The highest BCUT2D eigenvalue weighted by atomic mass is 19.1. The Hall–Kier alpha value is -5.06. The molecule has 0 aliphatic heterocycles. The lowest BCUT2D eigenvalue weighted by atomic mass is 10.1. The van der Waals surface area contributed by atoms with Gasteiger partial charge in [-0.2, -0.15) is 5.10 Å². The van der Waals surface area contributed by atoms with Gasteiger partial charge in [-0.05, 0) is 25.0 Å². The second kappa shape index (κ2) is 8.51. The van der Waals surface area contributed by atoms with Crippen LogP contribution < -0.4 is 5.32 Å². The Morgan fingerprint density at radius 3 is 2.63 bits per heavy atom. The van der Waals surface area contributed by atoms with E-state index < -0.39 is 11.6 Å². The number of imidazole rings is 1. The molecule has 1 aliphatic carbocycles. The van der Waals surface area contributed by atoms with Crippen molar-refractivity contribution in [1.82, 2.24) is 35.1 Å². The van der Waals surface area contributed by atoms with E-state index in [-0.39, 0.29) is 34.4 Å². The summed E-state index contributed by atoms with van der Waals surface area (Å²) in [4.78, 5) is 32.6. The van der Waals surface area contributed by atoms with Crippen molar-refractivity contribution in [3.05, 3.63) is 73.0 Å². The van der Waals surface area contributed by atoms with Crippen LogP contribution in [0.2, 0.25) is 0 Å². The number of anilines is 1. The molecule has 5 heterocycles. The number of rotatable bonds is 5. The molecule has 1 aliphatic rings. The Bertz CT molecular complexity index is 1870. The van der Waals surface area contributed by atoms with E-state index in [1.54, 1.807) is 36.7 Å². The van der Waals surface area contributed by atoms with E-state index in [4.69, 9.17) is 0 Å². The van der Waals surface area contributed by atoms with E-state index >= 15 is 4.39 Å². The standard InChI is InChI=1S/C27H18F2N8O/c28-18-4-2-1-3-16(18)17-10-31-11-20-24(17)35-26(34-20)25-21-19(36-37-25)12-32-23(22(21)29)14-7-15(9-30-8-14)33-27(38)13-5-6-13/h1-4,7-13H,5-6H2,(H,33,38)(H,34,35)(H,36,37). The first-order valence-electron chi connectivity index (χ1n) is 11.9. The number of nitrogens with zero attached hydrogens (tertiary/aromatic N) is 5. The molecule has 5 aromatic heterocycles. The van der Waals surface area contributed by atoms with Crippen LogP contribution in [-0.4, -0.2) is 41.0 Å². The van der Waals surface area contributed by atoms with Crippen molar-refractivity contribution in [3.63, 3.8) is 0 Å². The molecule has 9 nitrogen and oxygen atoms in total. The van der Waals surface area contributed by atoms with E-state index in [1.165, 1.54) is 24.7 Å². The van der Waals surface area contributed by atoms with Crippen LogP contribution in [0.4, 0.5) is 14.5 Å². The minimum Gasteiger partial charge on any atom is -0.335 e. The summed E-state index contributed by atoms with van der Waals surface area (Å²) in [5.41, 5.74) is 3.43. The number of carbonyl (C=O) groups is 1. The normalized spacial score (nSPS) is 13.3. The van der Waals surface area contributed by atoms with E-state index in [9.17, 15) is 9.18 Å². The number of benzene rings is 1. The molecular weight excluding hydrogens is 490 g/mol. The summed E-state index contributed by atoms with van der Waals surface area (Å²) in [5.74, 6) is -0.777. The number of nitrogens with one attached hydrogen (secondary N) is 3. The molecule has 38 heavy (non-hydrogen) atoms. The predicted molar refractivity (Wildman–Crippen MR) is 137 cm³/mol. The van der Waals surface area contributed by atoms with Crippen molar-refractivity contribution in [2.45, 2.75) is 12.8 Å². The number of pyridine rings is 3. The minimum atomic E-state index is -0.619. The van der Waals surface area contributed by atoms with Gasteiger partial charge in [0, 0.05) is 35.0 Å². The smallest absolute Gasteiger partial charge is 0.227 e. The Morgan fingerprint density at radius 2 is 1.79 bits per heavy atom. The van der Waals surface area contributed by atoms with Crippen LogP contribution in [0.1, 0.15) is 12.8 Å². The highest BCUT2D eigenvalue weighted by Gasteiger charge is 2.29. The summed E-state index contributed by atoms with van der Waals surface area (Å²) in [7, 11) is 0. The molecule has 0 bridgehead atoms. The van der Waals surface area contributed by atoms with Crippen molar-refractivity contribution >= 4 is 33.5 Å². The third-order valence-corrected chi connectivity index (χ3v) is 6.55. The zero-order valence-corrected chi connectivity index (χ0v) is 19.7. The van der Waals surface area contributed by atoms with Crippen molar-refractivity contribution in [3.8, 4) is 33.9 Å². The average molecular weight is 508 g/mol. The Kier molecular flexibility index (Phi) is 4.96. The van der Waals surface area contributed by atoms with Crippen molar-refractivity contribution in [1.29, 1.82) is 0 Å². The number of hydrogen-bond donors (Lipinski definition) is 3.